The zero-order valence-electron chi connectivity index (χ0n) is 8.59. The van der Waals surface area contributed by atoms with Crippen molar-refractivity contribution in [2.75, 3.05) is 12.4 Å². The highest BCUT2D eigenvalue weighted by atomic mass is 32.2. The molecule has 13 heavy (non-hydrogen) atoms. The molecular weight excluding hydrogens is 180 g/mol. The monoisotopic (exact) mass is 196 g/mol. The predicted molar refractivity (Wildman–Crippen MR) is 59.4 cm³/mol. The van der Waals surface area contributed by atoms with Crippen LogP contribution in [-0.2, 0) is 0 Å². The molecule has 72 valence electrons. The molecule has 1 aromatic rings. The van der Waals surface area contributed by atoms with E-state index in [1.807, 2.05) is 25.2 Å². The summed E-state index contributed by atoms with van der Waals surface area (Å²) in [4.78, 5) is 4.43. The second-order valence-corrected chi connectivity index (χ2v) is 5.67. The Bertz CT molecular complexity index is 278. The van der Waals surface area contributed by atoms with Crippen molar-refractivity contribution < 1.29 is 0 Å². The minimum atomic E-state index is 0.222. The van der Waals surface area contributed by atoms with E-state index < -0.39 is 0 Å². The average molecular weight is 196 g/mol. The maximum atomic E-state index is 4.43. The maximum Gasteiger partial charge on any atom is 0.126 e. The first-order valence-electron chi connectivity index (χ1n) is 4.35. The first kappa shape index (κ1) is 10.4. The Morgan fingerprint density at radius 1 is 1.31 bits per heavy atom. The summed E-state index contributed by atoms with van der Waals surface area (Å²) >= 11 is 1.78. The van der Waals surface area contributed by atoms with Crippen LogP contribution in [0, 0.1) is 0 Å². The molecule has 0 bridgehead atoms. The van der Waals surface area contributed by atoms with Crippen molar-refractivity contribution in [3.63, 3.8) is 0 Å². The largest absolute Gasteiger partial charge is 0.373 e. The number of nitrogens with one attached hydrogen (secondary N) is 1. The van der Waals surface area contributed by atoms with E-state index in [0.717, 1.165) is 10.8 Å². The first-order chi connectivity index (χ1) is 6.01. The smallest absolute Gasteiger partial charge is 0.126 e. The summed E-state index contributed by atoms with van der Waals surface area (Å²) in [6.45, 7) is 6.56. The van der Waals surface area contributed by atoms with Crippen molar-refractivity contribution in [3.8, 4) is 0 Å². The molecule has 0 radical (unpaired) electrons. The van der Waals surface area contributed by atoms with Gasteiger partial charge in [0.1, 0.15) is 5.82 Å². The Hall–Kier alpha value is -0.700. The molecular formula is C10H16N2S. The standard InChI is InChI=1S/C10H16N2S/c1-10(2,3)13-9-7-5-6-8(11-4)12-9/h5-7H,1-4H3,(H,11,12). The number of anilines is 1. The van der Waals surface area contributed by atoms with Crippen molar-refractivity contribution >= 4 is 17.6 Å². The molecule has 3 heteroatoms. The van der Waals surface area contributed by atoms with Crippen molar-refractivity contribution in [3.05, 3.63) is 18.2 Å². The van der Waals surface area contributed by atoms with Crippen LogP contribution >= 0.6 is 11.8 Å². The molecule has 0 spiro atoms. The third-order valence-electron chi connectivity index (χ3n) is 1.39. The molecule has 1 N–H and O–H groups in total. The number of hydrogen-bond acceptors (Lipinski definition) is 3. The molecule has 0 saturated heterocycles. The van der Waals surface area contributed by atoms with Crippen LogP contribution in [0.25, 0.3) is 0 Å². The summed E-state index contributed by atoms with van der Waals surface area (Å²) < 4.78 is 0.222. The van der Waals surface area contributed by atoms with Gasteiger partial charge >= 0.3 is 0 Å². The zero-order valence-corrected chi connectivity index (χ0v) is 9.40. The second kappa shape index (κ2) is 4.01. The summed E-state index contributed by atoms with van der Waals surface area (Å²) in [5.41, 5.74) is 0. The normalized spacial score (nSPS) is 11.4. The Balaban J connectivity index is 2.78. The van der Waals surface area contributed by atoms with Gasteiger partial charge in [0.2, 0.25) is 0 Å². The van der Waals surface area contributed by atoms with Crippen LogP contribution in [0.5, 0.6) is 0 Å². The number of rotatable bonds is 2. The van der Waals surface area contributed by atoms with Crippen LogP contribution in [-0.4, -0.2) is 16.8 Å². The van der Waals surface area contributed by atoms with Crippen molar-refractivity contribution in [2.24, 2.45) is 0 Å². The summed E-state index contributed by atoms with van der Waals surface area (Å²) in [7, 11) is 1.88. The van der Waals surface area contributed by atoms with Crippen LogP contribution < -0.4 is 5.32 Å². The highest BCUT2D eigenvalue weighted by molar-refractivity contribution is 8.00. The number of pyridine rings is 1. The number of aromatic nitrogens is 1. The molecule has 0 aromatic carbocycles. The van der Waals surface area contributed by atoms with Gasteiger partial charge in [0, 0.05) is 11.8 Å². The van der Waals surface area contributed by atoms with E-state index in [9.17, 15) is 0 Å². The number of hydrogen-bond donors (Lipinski definition) is 1. The lowest BCUT2D eigenvalue weighted by Crippen LogP contribution is -2.07. The number of thioether (sulfide) groups is 1. The Kier molecular flexibility index (Phi) is 3.20. The topological polar surface area (TPSA) is 24.9 Å². The van der Waals surface area contributed by atoms with E-state index >= 15 is 0 Å². The quantitative estimate of drug-likeness (QED) is 0.736. The van der Waals surface area contributed by atoms with Gasteiger partial charge in [-0.2, -0.15) is 0 Å². The summed E-state index contributed by atoms with van der Waals surface area (Å²) in [6.07, 6.45) is 0. The molecule has 0 aliphatic carbocycles. The number of nitrogens with zero attached hydrogens (tertiary/aromatic N) is 1. The highest BCUT2D eigenvalue weighted by Crippen LogP contribution is 2.30. The van der Waals surface area contributed by atoms with Gasteiger partial charge in [-0.3, -0.25) is 0 Å². The molecule has 0 unspecified atom stereocenters. The fourth-order valence-corrected chi connectivity index (χ4v) is 1.84. The van der Waals surface area contributed by atoms with E-state index in [2.05, 4.69) is 31.1 Å². The fraction of sp³-hybridized carbons (Fsp3) is 0.500. The van der Waals surface area contributed by atoms with Gasteiger partial charge in [0.25, 0.3) is 0 Å². The molecule has 0 aliphatic rings. The average Bonchev–Trinajstić information content (AvgIpc) is 2.01. The molecule has 1 aromatic heterocycles. The van der Waals surface area contributed by atoms with Crippen molar-refractivity contribution in [1.29, 1.82) is 0 Å². The molecule has 0 atom stereocenters. The van der Waals surface area contributed by atoms with Crippen LogP contribution in [0.3, 0.4) is 0 Å². The lowest BCUT2D eigenvalue weighted by Gasteiger charge is -2.16. The van der Waals surface area contributed by atoms with Crippen molar-refractivity contribution in [2.45, 2.75) is 30.5 Å². The van der Waals surface area contributed by atoms with E-state index in [4.69, 9.17) is 0 Å². The van der Waals surface area contributed by atoms with Gasteiger partial charge in [0.05, 0.1) is 5.03 Å². The lowest BCUT2D eigenvalue weighted by atomic mass is 10.3. The van der Waals surface area contributed by atoms with Crippen molar-refractivity contribution in [1.82, 2.24) is 4.98 Å². The van der Waals surface area contributed by atoms with Gasteiger partial charge in [-0.25, -0.2) is 4.98 Å². The van der Waals surface area contributed by atoms with E-state index in [0.29, 0.717) is 0 Å². The molecule has 1 heterocycles. The van der Waals surface area contributed by atoms with Gasteiger partial charge in [-0.15, -0.1) is 11.8 Å². The molecule has 0 aliphatic heterocycles. The molecule has 0 fully saturated rings. The van der Waals surface area contributed by atoms with Crippen LogP contribution in [0.15, 0.2) is 23.2 Å². The molecule has 0 saturated carbocycles. The van der Waals surface area contributed by atoms with Gasteiger partial charge < -0.3 is 5.32 Å². The molecule has 1 rings (SSSR count). The van der Waals surface area contributed by atoms with E-state index in [1.165, 1.54) is 0 Å². The van der Waals surface area contributed by atoms with Gasteiger partial charge in [0.15, 0.2) is 0 Å². The minimum absolute atomic E-state index is 0.222. The van der Waals surface area contributed by atoms with Gasteiger partial charge in [-0.05, 0) is 12.1 Å². The zero-order chi connectivity index (χ0) is 9.90. The summed E-state index contributed by atoms with van der Waals surface area (Å²) in [6, 6.07) is 6.02. The van der Waals surface area contributed by atoms with Crippen LogP contribution in [0.4, 0.5) is 5.82 Å². The Labute approximate surface area is 84.1 Å². The second-order valence-electron chi connectivity index (χ2n) is 3.83. The van der Waals surface area contributed by atoms with E-state index in [1.54, 1.807) is 11.8 Å². The molecule has 0 amide bonds. The SMILES string of the molecule is CNc1cccc(SC(C)(C)C)n1. The lowest BCUT2D eigenvalue weighted by molar-refractivity contribution is 0.799. The van der Waals surface area contributed by atoms with E-state index in [-0.39, 0.29) is 4.75 Å². The highest BCUT2D eigenvalue weighted by Gasteiger charge is 2.12. The Morgan fingerprint density at radius 3 is 2.54 bits per heavy atom. The third-order valence-corrected chi connectivity index (χ3v) is 2.44. The molecule has 2 nitrogen and oxygen atoms in total. The third kappa shape index (κ3) is 3.68. The summed E-state index contributed by atoms with van der Waals surface area (Å²) in [5, 5.41) is 4.10. The van der Waals surface area contributed by atoms with Crippen LogP contribution in [0.2, 0.25) is 0 Å². The first-order valence-corrected chi connectivity index (χ1v) is 5.17. The van der Waals surface area contributed by atoms with Crippen LogP contribution in [0.1, 0.15) is 20.8 Å². The minimum Gasteiger partial charge on any atom is -0.373 e. The fourth-order valence-electron chi connectivity index (χ4n) is 0.925. The predicted octanol–water partition coefficient (Wildman–Crippen LogP) is 3.01. The summed E-state index contributed by atoms with van der Waals surface area (Å²) in [5.74, 6) is 0.925. The Morgan fingerprint density at radius 2 is 2.00 bits per heavy atom. The maximum absolute atomic E-state index is 4.43. The van der Waals surface area contributed by atoms with Gasteiger partial charge in [-0.1, -0.05) is 26.8 Å².